The Morgan fingerprint density at radius 1 is 0.941 bits per heavy atom. The first-order chi connectivity index (χ1) is 16.5. The molecule has 0 amide bonds. The third kappa shape index (κ3) is 3.41. The standard InChI is InChI=1S/C27H24N2O5/c1-33-22-15-13-19(16-23(22)34-2)24-25(29(31)32)21-14-12-17-8-6-7-11-20(17)28(21)26(24)27(30)18-9-4-3-5-10-18/h3-16,21,24-26H,1-2H3/t21-,24-,25+,26-/m1/s1. The number of Topliss-reactive ketones (excluding diaryl/α,β-unsaturated/α-hetero) is 1. The summed E-state index contributed by atoms with van der Waals surface area (Å²) in [6.07, 6.45) is 3.76. The topological polar surface area (TPSA) is 81.9 Å². The lowest BCUT2D eigenvalue weighted by Gasteiger charge is -2.34. The molecule has 2 aliphatic heterocycles. The first-order valence-corrected chi connectivity index (χ1v) is 11.1. The average molecular weight is 456 g/mol. The number of fused-ring (bicyclic) bond motifs is 3. The predicted octanol–water partition coefficient (Wildman–Crippen LogP) is 4.60. The molecule has 1 saturated heterocycles. The Balaban J connectivity index is 1.73. The zero-order valence-corrected chi connectivity index (χ0v) is 18.8. The van der Waals surface area contributed by atoms with Crippen molar-refractivity contribution in [3.63, 3.8) is 0 Å². The van der Waals surface area contributed by atoms with E-state index in [1.165, 1.54) is 14.2 Å². The van der Waals surface area contributed by atoms with Crippen LogP contribution in [-0.2, 0) is 0 Å². The summed E-state index contributed by atoms with van der Waals surface area (Å²) in [6, 6.07) is 19.6. The van der Waals surface area contributed by atoms with E-state index in [0.717, 1.165) is 11.3 Å². The van der Waals surface area contributed by atoms with Crippen LogP contribution in [0.5, 0.6) is 11.5 Å². The molecule has 0 aliphatic carbocycles. The SMILES string of the molecule is COc1ccc([C@@H]2[C@@H]([N+](=O)[O-])[C@H]3C=Cc4ccccc4N3[C@H]2C(=O)c2ccccc2)cc1OC. The monoisotopic (exact) mass is 456 g/mol. The van der Waals surface area contributed by atoms with Crippen LogP contribution in [0.25, 0.3) is 6.08 Å². The largest absolute Gasteiger partial charge is 0.493 e. The molecule has 7 nitrogen and oxygen atoms in total. The van der Waals surface area contributed by atoms with Crippen LogP contribution in [0.4, 0.5) is 5.69 Å². The van der Waals surface area contributed by atoms with Gasteiger partial charge in [0.15, 0.2) is 17.3 Å². The van der Waals surface area contributed by atoms with Crippen molar-refractivity contribution in [3.05, 3.63) is 106 Å². The molecule has 0 bridgehead atoms. The molecule has 34 heavy (non-hydrogen) atoms. The molecule has 3 aromatic rings. The first-order valence-electron chi connectivity index (χ1n) is 11.1. The van der Waals surface area contributed by atoms with E-state index < -0.39 is 24.0 Å². The highest BCUT2D eigenvalue weighted by atomic mass is 16.6. The van der Waals surface area contributed by atoms with E-state index in [1.54, 1.807) is 42.5 Å². The summed E-state index contributed by atoms with van der Waals surface area (Å²) in [5.74, 6) is 0.132. The number of hydrogen-bond acceptors (Lipinski definition) is 6. The number of nitrogens with zero attached hydrogens (tertiary/aromatic N) is 2. The molecule has 2 aliphatic rings. The summed E-state index contributed by atoms with van der Waals surface area (Å²) >= 11 is 0. The third-order valence-corrected chi connectivity index (χ3v) is 6.73. The molecule has 7 heteroatoms. The molecule has 1 fully saturated rings. The summed E-state index contributed by atoms with van der Waals surface area (Å²) in [6.45, 7) is 0. The van der Waals surface area contributed by atoms with Crippen molar-refractivity contribution in [2.24, 2.45) is 0 Å². The van der Waals surface area contributed by atoms with Crippen LogP contribution in [0.15, 0.2) is 78.9 Å². The van der Waals surface area contributed by atoms with E-state index in [4.69, 9.17) is 9.47 Å². The van der Waals surface area contributed by atoms with Crippen molar-refractivity contribution < 1.29 is 19.2 Å². The van der Waals surface area contributed by atoms with Gasteiger partial charge in [-0.3, -0.25) is 14.9 Å². The lowest BCUT2D eigenvalue weighted by molar-refractivity contribution is -0.524. The van der Waals surface area contributed by atoms with Crippen LogP contribution < -0.4 is 14.4 Å². The molecular formula is C27H24N2O5. The van der Waals surface area contributed by atoms with Gasteiger partial charge in [-0.15, -0.1) is 0 Å². The summed E-state index contributed by atoms with van der Waals surface area (Å²) < 4.78 is 10.8. The molecule has 0 N–H and O–H groups in total. The number of benzene rings is 3. The maximum atomic E-state index is 14.0. The van der Waals surface area contributed by atoms with Gasteiger partial charge >= 0.3 is 0 Å². The number of carbonyl (C=O) groups is 1. The fourth-order valence-electron chi connectivity index (χ4n) is 5.26. The number of nitro groups is 1. The smallest absolute Gasteiger partial charge is 0.245 e. The zero-order chi connectivity index (χ0) is 23.8. The Labute approximate surface area is 197 Å². The lowest BCUT2D eigenvalue weighted by Crippen LogP contribution is -2.44. The van der Waals surface area contributed by atoms with E-state index in [-0.39, 0.29) is 10.7 Å². The first kappa shape index (κ1) is 21.7. The molecule has 0 saturated carbocycles. The van der Waals surface area contributed by atoms with Gasteiger partial charge < -0.3 is 14.4 Å². The molecule has 0 unspecified atom stereocenters. The molecule has 2 heterocycles. The Hall–Kier alpha value is -4.13. The second-order valence-corrected chi connectivity index (χ2v) is 8.41. The minimum Gasteiger partial charge on any atom is -0.493 e. The number of methoxy groups -OCH3 is 2. The minimum atomic E-state index is -1.03. The highest BCUT2D eigenvalue weighted by Gasteiger charge is 2.59. The minimum absolute atomic E-state index is 0.153. The van der Waals surface area contributed by atoms with Crippen molar-refractivity contribution in [3.8, 4) is 11.5 Å². The van der Waals surface area contributed by atoms with Gasteiger partial charge in [-0.1, -0.05) is 66.7 Å². The number of rotatable bonds is 6. The van der Waals surface area contributed by atoms with Gasteiger partial charge in [-0.2, -0.15) is 0 Å². The lowest BCUT2D eigenvalue weighted by atomic mass is 9.83. The van der Waals surface area contributed by atoms with E-state index in [1.807, 2.05) is 47.4 Å². The van der Waals surface area contributed by atoms with Crippen LogP contribution in [0.1, 0.15) is 27.4 Å². The number of ether oxygens (including phenoxy) is 2. The maximum absolute atomic E-state index is 14.0. The zero-order valence-electron chi connectivity index (χ0n) is 18.8. The molecule has 0 aromatic heterocycles. The van der Waals surface area contributed by atoms with Crippen LogP contribution in [-0.4, -0.2) is 43.1 Å². The molecule has 4 atom stereocenters. The van der Waals surface area contributed by atoms with Crippen molar-refractivity contribution in [2.45, 2.75) is 24.0 Å². The Morgan fingerprint density at radius 3 is 2.35 bits per heavy atom. The highest BCUT2D eigenvalue weighted by molar-refractivity contribution is 6.04. The van der Waals surface area contributed by atoms with E-state index in [9.17, 15) is 14.9 Å². The maximum Gasteiger partial charge on any atom is 0.245 e. The van der Waals surface area contributed by atoms with Crippen LogP contribution in [0.2, 0.25) is 0 Å². The predicted molar refractivity (Wildman–Crippen MR) is 129 cm³/mol. The highest BCUT2D eigenvalue weighted by Crippen LogP contribution is 2.48. The van der Waals surface area contributed by atoms with Gasteiger partial charge in [0.2, 0.25) is 6.04 Å². The second kappa shape index (κ2) is 8.67. The quantitative estimate of drug-likeness (QED) is 0.306. The third-order valence-electron chi connectivity index (χ3n) is 6.73. The fourth-order valence-corrected chi connectivity index (χ4v) is 5.26. The molecular weight excluding hydrogens is 432 g/mol. The number of carbonyl (C=O) groups excluding carboxylic acids is 1. The van der Waals surface area contributed by atoms with Gasteiger partial charge in [-0.05, 0) is 29.3 Å². The molecule has 5 rings (SSSR count). The van der Waals surface area contributed by atoms with E-state index in [2.05, 4.69) is 0 Å². The summed E-state index contributed by atoms with van der Waals surface area (Å²) in [5, 5.41) is 12.5. The van der Waals surface area contributed by atoms with Crippen molar-refractivity contribution in [1.82, 2.24) is 0 Å². The van der Waals surface area contributed by atoms with E-state index in [0.29, 0.717) is 22.6 Å². The van der Waals surface area contributed by atoms with Gasteiger partial charge in [0, 0.05) is 16.2 Å². The Bertz CT molecular complexity index is 1270. The molecule has 0 spiro atoms. The Kier molecular flexibility index (Phi) is 5.53. The van der Waals surface area contributed by atoms with Gasteiger partial charge in [0.1, 0.15) is 12.1 Å². The van der Waals surface area contributed by atoms with Crippen LogP contribution >= 0.6 is 0 Å². The number of ketones is 1. The Morgan fingerprint density at radius 2 is 1.65 bits per heavy atom. The number of hydrogen-bond donors (Lipinski definition) is 0. The van der Waals surface area contributed by atoms with Crippen LogP contribution in [0, 0.1) is 10.1 Å². The van der Waals surface area contributed by atoms with Crippen LogP contribution in [0.3, 0.4) is 0 Å². The molecule has 172 valence electrons. The number of anilines is 1. The van der Waals surface area contributed by atoms with Gasteiger partial charge in [0.25, 0.3) is 0 Å². The van der Waals surface area contributed by atoms with Crippen molar-refractivity contribution >= 4 is 17.5 Å². The van der Waals surface area contributed by atoms with Gasteiger partial charge in [0.05, 0.1) is 20.1 Å². The number of para-hydroxylation sites is 1. The summed E-state index contributed by atoms with van der Waals surface area (Å²) in [5.41, 5.74) is 2.93. The van der Waals surface area contributed by atoms with Crippen molar-refractivity contribution in [1.29, 1.82) is 0 Å². The second-order valence-electron chi connectivity index (χ2n) is 8.41. The molecule has 0 radical (unpaired) electrons. The summed E-state index contributed by atoms with van der Waals surface area (Å²) in [4.78, 5) is 28.2. The molecule has 3 aromatic carbocycles. The average Bonchev–Trinajstić information content (AvgIpc) is 3.24. The van der Waals surface area contributed by atoms with Gasteiger partial charge in [-0.25, -0.2) is 0 Å². The summed E-state index contributed by atoms with van der Waals surface area (Å²) in [7, 11) is 3.06. The van der Waals surface area contributed by atoms with E-state index >= 15 is 0 Å². The van der Waals surface area contributed by atoms with Crippen molar-refractivity contribution in [2.75, 3.05) is 19.1 Å². The fraction of sp³-hybridized carbons (Fsp3) is 0.222. The normalized spacial score (nSPS) is 22.6.